The van der Waals surface area contributed by atoms with Crippen LogP contribution in [-0.4, -0.2) is 30.0 Å². The predicted molar refractivity (Wildman–Crippen MR) is 99.6 cm³/mol. The average Bonchev–Trinajstić information content (AvgIpc) is 2.63. The smallest absolute Gasteiger partial charge is 0.338 e. The third kappa shape index (κ3) is 5.57. The molecule has 1 amide bonds. The highest BCUT2D eigenvalue weighted by molar-refractivity contribution is 6.42. The van der Waals surface area contributed by atoms with Crippen LogP contribution in [0.3, 0.4) is 0 Å². The molecule has 142 valence electrons. The van der Waals surface area contributed by atoms with Gasteiger partial charge in [-0.05, 0) is 37.3 Å². The Labute approximate surface area is 164 Å². The normalized spacial score (nSPS) is 10.2. The maximum Gasteiger partial charge on any atom is 0.338 e. The number of benzene rings is 2. The van der Waals surface area contributed by atoms with E-state index in [1.165, 1.54) is 36.4 Å². The van der Waals surface area contributed by atoms with Crippen LogP contribution in [0.2, 0.25) is 10.0 Å². The van der Waals surface area contributed by atoms with Gasteiger partial charge in [-0.25, -0.2) is 4.79 Å². The second-order valence-corrected chi connectivity index (χ2v) is 5.94. The van der Waals surface area contributed by atoms with Gasteiger partial charge in [0.25, 0.3) is 11.6 Å². The van der Waals surface area contributed by atoms with E-state index in [2.05, 4.69) is 5.32 Å². The molecule has 0 saturated carbocycles. The lowest BCUT2D eigenvalue weighted by Crippen LogP contribution is -2.21. The van der Waals surface area contributed by atoms with Gasteiger partial charge < -0.3 is 14.8 Å². The van der Waals surface area contributed by atoms with E-state index in [0.717, 1.165) is 0 Å². The zero-order valence-corrected chi connectivity index (χ0v) is 15.5. The highest BCUT2D eigenvalue weighted by Crippen LogP contribution is 2.29. The summed E-state index contributed by atoms with van der Waals surface area (Å²) in [5.41, 5.74) is -0.270. The number of hydrogen-bond donors (Lipinski definition) is 1. The highest BCUT2D eigenvalue weighted by atomic mass is 35.5. The molecule has 0 spiro atoms. The van der Waals surface area contributed by atoms with Gasteiger partial charge >= 0.3 is 5.97 Å². The first-order valence-electron chi connectivity index (χ1n) is 7.65. The standard InChI is InChI=1S/C17H14Cl2N2O6/c1-2-26-11-4-6-14(15(8-11)21(24)25)20-16(22)9-27-17(23)10-3-5-12(18)13(19)7-10/h3-8H,2,9H2,1H3,(H,20,22). The Hall–Kier alpha value is -2.84. The number of esters is 1. The molecule has 0 heterocycles. The molecule has 2 aromatic carbocycles. The van der Waals surface area contributed by atoms with Crippen LogP contribution in [0.25, 0.3) is 0 Å². The third-order valence-electron chi connectivity index (χ3n) is 3.24. The number of nitro groups is 1. The van der Waals surface area contributed by atoms with Crippen LogP contribution >= 0.6 is 23.2 Å². The molecular formula is C17H14Cl2N2O6. The summed E-state index contributed by atoms with van der Waals surface area (Å²) in [4.78, 5) is 34.4. The van der Waals surface area contributed by atoms with Gasteiger partial charge in [-0.3, -0.25) is 14.9 Å². The summed E-state index contributed by atoms with van der Waals surface area (Å²) in [5, 5.41) is 13.9. The topological polar surface area (TPSA) is 108 Å². The lowest BCUT2D eigenvalue weighted by Gasteiger charge is -2.09. The first-order chi connectivity index (χ1) is 12.8. The molecule has 0 unspecified atom stereocenters. The van der Waals surface area contributed by atoms with Crippen molar-refractivity contribution in [3.05, 3.63) is 62.1 Å². The minimum Gasteiger partial charge on any atom is -0.494 e. The Morgan fingerprint density at radius 2 is 1.89 bits per heavy atom. The van der Waals surface area contributed by atoms with Crippen LogP contribution < -0.4 is 10.1 Å². The molecule has 1 N–H and O–H groups in total. The van der Waals surface area contributed by atoms with Crippen LogP contribution in [-0.2, 0) is 9.53 Å². The monoisotopic (exact) mass is 412 g/mol. The van der Waals surface area contributed by atoms with Crippen molar-refractivity contribution in [3.8, 4) is 5.75 Å². The molecule has 0 aromatic heterocycles. The van der Waals surface area contributed by atoms with E-state index in [1.54, 1.807) is 6.92 Å². The summed E-state index contributed by atoms with van der Waals surface area (Å²) in [6, 6.07) is 8.13. The van der Waals surface area contributed by atoms with Crippen molar-refractivity contribution in [2.75, 3.05) is 18.5 Å². The third-order valence-corrected chi connectivity index (χ3v) is 3.98. The molecule has 27 heavy (non-hydrogen) atoms. The largest absolute Gasteiger partial charge is 0.494 e. The molecule has 0 aliphatic rings. The Balaban J connectivity index is 2.01. The first kappa shape index (κ1) is 20.5. The summed E-state index contributed by atoms with van der Waals surface area (Å²) in [7, 11) is 0. The molecule has 0 aliphatic heterocycles. The van der Waals surface area contributed by atoms with Gasteiger partial charge in [0.15, 0.2) is 6.61 Å². The minimum atomic E-state index is -0.787. The van der Waals surface area contributed by atoms with Crippen molar-refractivity contribution in [1.29, 1.82) is 0 Å². The fourth-order valence-corrected chi connectivity index (χ4v) is 2.35. The highest BCUT2D eigenvalue weighted by Gasteiger charge is 2.18. The number of carbonyl (C=O) groups excluding carboxylic acids is 2. The van der Waals surface area contributed by atoms with Gasteiger partial charge in [0.1, 0.15) is 11.4 Å². The zero-order chi connectivity index (χ0) is 20.0. The van der Waals surface area contributed by atoms with E-state index in [9.17, 15) is 19.7 Å². The second-order valence-electron chi connectivity index (χ2n) is 5.12. The number of amides is 1. The number of halogens is 2. The van der Waals surface area contributed by atoms with Crippen molar-refractivity contribution in [2.45, 2.75) is 6.92 Å². The molecular weight excluding hydrogens is 399 g/mol. The minimum absolute atomic E-state index is 0.0426. The van der Waals surface area contributed by atoms with Crippen LogP contribution in [0, 0.1) is 10.1 Å². The summed E-state index contributed by atoms with van der Waals surface area (Å²) < 4.78 is 10.1. The summed E-state index contributed by atoms with van der Waals surface area (Å²) in [6.07, 6.45) is 0. The summed E-state index contributed by atoms with van der Waals surface area (Å²) >= 11 is 11.6. The molecule has 10 heteroatoms. The van der Waals surface area contributed by atoms with Crippen molar-refractivity contribution < 1.29 is 24.0 Å². The van der Waals surface area contributed by atoms with Gasteiger partial charge in [0, 0.05) is 0 Å². The fraction of sp³-hybridized carbons (Fsp3) is 0.176. The molecule has 0 atom stereocenters. The van der Waals surface area contributed by atoms with Gasteiger partial charge in [-0.15, -0.1) is 0 Å². The number of hydrogen-bond acceptors (Lipinski definition) is 6. The Bertz CT molecular complexity index is 888. The molecule has 0 bridgehead atoms. The number of nitrogens with zero attached hydrogens (tertiary/aromatic N) is 1. The molecule has 0 aliphatic carbocycles. The first-order valence-corrected chi connectivity index (χ1v) is 8.40. The Morgan fingerprint density at radius 3 is 2.52 bits per heavy atom. The van der Waals surface area contributed by atoms with Crippen LogP contribution in [0.5, 0.6) is 5.75 Å². The molecule has 0 saturated heterocycles. The van der Waals surface area contributed by atoms with Crippen LogP contribution in [0.4, 0.5) is 11.4 Å². The molecule has 8 nitrogen and oxygen atoms in total. The average molecular weight is 413 g/mol. The summed E-state index contributed by atoms with van der Waals surface area (Å²) in [5.74, 6) is -1.23. The Morgan fingerprint density at radius 1 is 1.15 bits per heavy atom. The SMILES string of the molecule is CCOc1ccc(NC(=O)COC(=O)c2ccc(Cl)c(Cl)c2)c([N+](=O)[O-])c1. The van der Waals surface area contributed by atoms with Gasteiger partial charge in [0.2, 0.25) is 0 Å². The number of nitrogens with one attached hydrogen (secondary N) is 1. The van der Waals surface area contributed by atoms with Crippen molar-refractivity contribution in [1.82, 2.24) is 0 Å². The number of ether oxygens (including phenoxy) is 2. The summed E-state index contributed by atoms with van der Waals surface area (Å²) in [6.45, 7) is 1.45. The number of nitro benzene ring substituents is 1. The molecule has 2 rings (SSSR count). The quantitative estimate of drug-likeness (QED) is 0.416. The maximum atomic E-state index is 12.0. The van der Waals surface area contributed by atoms with E-state index in [-0.39, 0.29) is 27.0 Å². The van der Waals surface area contributed by atoms with Gasteiger partial charge in [0.05, 0.1) is 33.2 Å². The fourth-order valence-electron chi connectivity index (χ4n) is 2.05. The van der Waals surface area contributed by atoms with E-state index in [4.69, 9.17) is 32.7 Å². The van der Waals surface area contributed by atoms with Crippen LogP contribution in [0.15, 0.2) is 36.4 Å². The Kier molecular flexibility index (Phi) is 6.98. The van der Waals surface area contributed by atoms with Gasteiger partial charge in [-0.2, -0.15) is 0 Å². The van der Waals surface area contributed by atoms with Crippen molar-refractivity contribution in [3.63, 3.8) is 0 Å². The van der Waals surface area contributed by atoms with Crippen molar-refractivity contribution in [2.24, 2.45) is 0 Å². The predicted octanol–water partition coefficient (Wildman–Crippen LogP) is 4.10. The number of carbonyl (C=O) groups is 2. The second kappa shape index (κ2) is 9.20. The number of anilines is 1. The van der Waals surface area contributed by atoms with E-state index < -0.39 is 23.4 Å². The van der Waals surface area contributed by atoms with Crippen molar-refractivity contribution >= 4 is 46.5 Å². The number of rotatable bonds is 7. The lowest BCUT2D eigenvalue weighted by atomic mass is 10.2. The van der Waals surface area contributed by atoms with E-state index >= 15 is 0 Å². The van der Waals surface area contributed by atoms with E-state index in [1.807, 2.05) is 0 Å². The van der Waals surface area contributed by atoms with Crippen LogP contribution in [0.1, 0.15) is 17.3 Å². The lowest BCUT2D eigenvalue weighted by molar-refractivity contribution is -0.384. The molecule has 2 aromatic rings. The van der Waals surface area contributed by atoms with E-state index in [0.29, 0.717) is 12.4 Å². The maximum absolute atomic E-state index is 12.0. The van der Waals surface area contributed by atoms with Gasteiger partial charge in [-0.1, -0.05) is 23.2 Å². The molecule has 0 radical (unpaired) electrons. The molecule has 0 fully saturated rings. The zero-order valence-electron chi connectivity index (χ0n) is 14.0.